The summed E-state index contributed by atoms with van der Waals surface area (Å²) in [6.45, 7) is 1.57. The Labute approximate surface area is 105 Å². The summed E-state index contributed by atoms with van der Waals surface area (Å²) >= 11 is 0. The maximum atomic E-state index is 11.3. The van der Waals surface area contributed by atoms with Crippen LogP contribution in [0, 0.1) is 12.3 Å². The third kappa shape index (κ3) is 7.11. The average Bonchev–Trinajstić information content (AvgIpc) is 2.26. The molecule has 18 heavy (non-hydrogen) atoms. The largest absolute Gasteiger partial charge is 0.481 e. The molecule has 0 aromatic carbocycles. The van der Waals surface area contributed by atoms with Crippen molar-refractivity contribution in [2.24, 2.45) is 0 Å². The highest BCUT2D eigenvalue weighted by Gasteiger charge is 2.20. The van der Waals surface area contributed by atoms with Gasteiger partial charge in [-0.25, -0.2) is 9.59 Å². The molecule has 0 rings (SSSR count). The molecule has 0 aliphatic carbocycles. The summed E-state index contributed by atoms with van der Waals surface area (Å²) in [4.78, 5) is 32.5. The van der Waals surface area contributed by atoms with Gasteiger partial charge in [-0.2, -0.15) is 0 Å². The van der Waals surface area contributed by atoms with Crippen LogP contribution in [-0.4, -0.2) is 40.3 Å². The topological polar surface area (TPSA) is 116 Å². The summed E-state index contributed by atoms with van der Waals surface area (Å²) in [5.74, 6) is 0.0310. The molecule has 0 aliphatic heterocycles. The molecule has 0 aromatic rings. The fourth-order valence-electron chi connectivity index (χ4n) is 1.15. The van der Waals surface area contributed by atoms with Gasteiger partial charge in [0.05, 0.1) is 6.04 Å². The number of hydrogen-bond donors (Lipinski definition) is 4. The highest BCUT2D eigenvalue weighted by atomic mass is 16.4. The van der Waals surface area contributed by atoms with Crippen LogP contribution >= 0.6 is 0 Å². The Morgan fingerprint density at radius 2 is 1.89 bits per heavy atom. The first-order valence-electron chi connectivity index (χ1n) is 5.34. The number of terminal acetylenes is 1. The predicted molar refractivity (Wildman–Crippen MR) is 62.9 cm³/mol. The second-order valence-corrected chi connectivity index (χ2v) is 3.68. The van der Waals surface area contributed by atoms with Crippen molar-refractivity contribution in [2.75, 3.05) is 0 Å². The van der Waals surface area contributed by atoms with E-state index in [-0.39, 0.29) is 19.3 Å². The number of carbonyl (C=O) groups excluding carboxylic acids is 1. The van der Waals surface area contributed by atoms with Crippen LogP contribution in [0.5, 0.6) is 0 Å². The molecule has 0 fully saturated rings. The first kappa shape index (κ1) is 15.8. The summed E-state index contributed by atoms with van der Waals surface area (Å²) in [5.41, 5.74) is 0. The Balaban J connectivity index is 4.19. The van der Waals surface area contributed by atoms with E-state index in [0.717, 1.165) is 0 Å². The maximum absolute atomic E-state index is 11.3. The van der Waals surface area contributed by atoms with Crippen LogP contribution in [0.15, 0.2) is 0 Å². The molecule has 1 unspecified atom stereocenters. The highest BCUT2D eigenvalue weighted by molar-refractivity contribution is 5.82. The molecular formula is C11H16N2O5. The molecule has 0 saturated carbocycles. The van der Waals surface area contributed by atoms with E-state index < -0.39 is 30.1 Å². The van der Waals surface area contributed by atoms with Crippen molar-refractivity contribution in [3.63, 3.8) is 0 Å². The van der Waals surface area contributed by atoms with Crippen molar-refractivity contribution in [3.05, 3.63) is 0 Å². The number of carboxylic acids is 2. The van der Waals surface area contributed by atoms with E-state index in [1.165, 1.54) is 0 Å². The Kier molecular flexibility index (Phi) is 6.96. The molecule has 0 heterocycles. The molecule has 4 N–H and O–H groups in total. The number of amides is 2. The van der Waals surface area contributed by atoms with Crippen LogP contribution in [0.25, 0.3) is 0 Å². The van der Waals surface area contributed by atoms with Gasteiger partial charge in [0.2, 0.25) is 0 Å². The molecule has 7 nitrogen and oxygen atoms in total. The Hall–Kier alpha value is -2.23. The molecule has 100 valence electrons. The van der Waals surface area contributed by atoms with Crippen LogP contribution in [-0.2, 0) is 9.59 Å². The fraction of sp³-hybridized carbons (Fsp3) is 0.545. The highest BCUT2D eigenvalue weighted by Crippen LogP contribution is 2.01. The normalized spacial score (nSPS) is 12.9. The molecule has 0 saturated heterocycles. The summed E-state index contributed by atoms with van der Waals surface area (Å²) in [7, 11) is 0. The number of hydrogen-bond acceptors (Lipinski definition) is 3. The standard InChI is InChI=1S/C11H16N2O5/c1-3-7(2)12-11(18)13-8(10(16)17)5-4-6-9(14)15/h1,7-8H,4-6H2,2H3,(H,14,15)(H,16,17)(H2,12,13,18)/t7?,8-/m1/s1. The number of nitrogens with one attached hydrogen (secondary N) is 2. The minimum atomic E-state index is -1.22. The Morgan fingerprint density at radius 3 is 2.33 bits per heavy atom. The molecule has 0 aromatic heterocycles. The monoisotopic (exact) mass is 256 g/mol. The van der Waals surface area contributed by atoms with E-state index in [2.05, 4.69) is 16.6 Å². The minimum Gasteiger partial charge on any atom is -0.481 e. The van der Waals surface area contributed by atoms with Crippen LogP contribution in [0.3, 0.4) is 0 Å². The van der Waals surface area contributed by atoms with Gasteiger partial charge >= 0.3 is 18.0 Å². The van der Waals surface area contributed by atoms with Crippen molar-refractivity contribution in [1.29, 1.82) is 0 Å². The SMILES string of the molecule is C#CC(C)NC(=O)N[C@H](CCCC(=O)O)C(=O)O. The van der Waals surface area contributed by atoms with E-state index in [0.29, 0.717) is 0 Å². The lowest BCUT2D eigenvalue weighted by Crippen LogP contribution is -2.48. The second-order valence-electron chi connectivity index (χ2n) is 3.68. The summed E-state index contributed by atoms with van der Waals surface area (Å²) in [5, 5.41) is 21.8. The quantitative estimate of drug-likeness (QED) is 0.479. The molecule has 0 radical (unpaired) electrons. The van der Waals surface area contributed by atoms with E-state index >= 15 is 0 Å². The molecule has 0 bridgehead atoms. The minimum absolute atomic E-state index is 0.0412. The van der Waals surface area contributed by atoms with Gasteiger partial charge in [-0.05, 0) is 19.8 Å². The zero-order chi connectivity index (χ0) is 14.1. The zero-order valence-corrected chi connectivity index (χ0v) is 9.97. The van der Waals surface area contributed by atoms with Crippen molar-refractivity contribution in [3.8, 4) is 12.3 Å². The Morgan fingerprint density at radius 1 is 1.28 bits per heavy atom. The van der Waals surface area contributed by atoms with Crippen LogP contribution < -0.4 is 10.6 Å². The van der Waals surface area contributed by atoms with Gasteiger partial charge in [-0.1, -0.05) is 5.92 Å². The van der Waals surface area contributed by atoms with Crippen molar-refractivity contribution in [1.82, 2.24) is 10.6 Å². The van der Waals surface area contributed by atoms with Gasteiger partial charge in [-0.15, -0.1) is 6.42 Å². The summed E-state index contributed by atoms with van der Waals surface area (Å²) in [6.07, 6.45) is 5.11. The third-order valence-corrected chi connectivity index (χ3v) is 2.08. The third-order valence-electron chi connectivity index (χ3n) is 2.08. The van der Waals surface area contributed by atoms with Crippen LogP contribution in [0.2, 0.25) is 0 Å². The number of carboxylic acid groups (broad SMARTS) is 2. The fourth-order valence-corrected chi connectivity index (χ4v) is 1.15. The van der Waals surface area contributed by atoms with Gasteiger partial charge in [0.15, 0.2) is 0 Å². The average molecular weight is 256 g/mol. The van der Waals surface area contributed by atoms with Gasteiger partial charge in [0.1, 0.15) is 6.04 Å². The molecule has 0 spiro atoms. The number of aliphatic carboxylic acids is 2. The molecule has 7 heteroatoms. The van der Waals surface area contributed by atoms with E-state index in [9.17, 15) is 14.4 Å². The summed E-state index contributed by atoms with van der Waals surface area (Å²) in [6, 6.07) is -2.34. The lowest BCUT2D eigenvalue weighted by Gasteiger charge is -2.15. The molecule has 0 aliphatic rings. The van der Waals surface area contributed by atoms with Crippen molar-refractivity contribution in [2.45, 2.75) is 38.3 Å². The zero-order valence-electron chi connectivity index (χ0n) is 9.97. The predicted octanol–water partition coefficient (Wildman–Crippen LogP) is 0.0154. The van der Waals surface area contributed by atoms with Crippen LogP contribution in [0.1, 0.15) is 26.2 Å². The second kappa shape index (κ2) is 7.95. The lowest BCUT2D eigenvalue weighted by atomic mass is 10.1. The number of carbonyl (C=O) groups is 3. The smallest absolute Gasteiger partial charge is 0.326 e. The molecule has 2 atom stereocenters. The van der Waals surface area contributed by atoms with Gasteiger partial charge < -0.3 is 20.8 Å². The first-order valence-corrected chi connectivity index (χ1v) is 5.34. The number of rotatable bonds is 7. The van der Waals surface area contributed by atoms with Gasteiger partial charge in [-0.3, -0.25) is 4.79 Å². The van der Waals surface area contributed by atoms with Gasteiger partial charge in [0.25, 0.3) is 0 Å². The van der Waals surface area contributed by atoms with Crippen molar-refractivity contribution < 1.29 is 24.6 Å². The number of urea groups is 1. The van der Waals surface area contributed by atoms with E-state index in [4.69, 9.17) is 16.6 Å². The Bertz CT molecular complexity index is 361. The van der Waals surface area contributed by atoms with Crippen molar-refractivity contribution >= 4 is 18.0 Å². The van der Waals surface area contributed by atoms with Gasteiger partial charge in [0, 0.05) is 6.42 Å². The van der Waals surface area contributed by atoms with Crippen LogP contribution in [0.4, 0.5) is 4.79 Å². The first-order chi connectivity index (χ1) is 8.36. The summed E-state index contributed by atoms with van der Waals surface area (Å²) < 4.78 is 0. The van der Waals surface area contributed by atoms with E-state index in [1.54, 1.807) is 6.92 Å². The maximum Gasteiger partial charge on any atom is 0.326 e. The molecular weight excluding hydrogens is 240 g/mol. The molecule has 2 amide bonds. The lowest BCUT2D eigenvalue weighted by molar-refractivity contribution is -0.140. The van der Waals surface area contributed by atoms with E-state index in [1.807, 2.05) is 0 Å².